The SMILES string of the molecule is CC(C)(C)[C@@H](NCCCNC(=O)O)c1nc(-c2cc(F)ccc2F)cn1Cc1ccccc1. The number of carbonyl (C=O) groups is 1. The molecular weight excluding hydrogens is 426 g/mol. The first-order valence-electron chi connectivity index (χ1n) is 10.9. The van der Waals surface area contributed by atoms with E-state index in [0.29, 0.717) is 37.6 Å². The normalized spacial score (nSPS) is 12.5. The fourth-order valence-corrected chi connectivity index (χ4v) is 3.71. The molecular formula is C25H30F2N4O2. The van der Waals surface area contributed by atoms with Gasteiger partial charge in [0.1, 0.15) is 17.5 Å². The van der Waals surface area contributed by atoms with Crippen LogP contribution in [0.2, 0.25) is 0 Å². The number of benzene rings is 2. The van der Waals surface area contributed by atoms with E-state index in [9.17, 15) is 13.6 Å². The summed E-state index contributed by atoms with van der Waals surface area (Å²) in [7, 11) is 0. The molecule has 3 aromatic rings. The van der Waals surface area contributed by atoms with Gasteiger partial charge < -0.3 is 20.3 Å². The molecule has 0 fully saturated rings. The second kappa shape index (κ2) is 10.6. The minimum Gasteiger partial charge on any atom is -0.465 e. The molecule has 3 N–H and O–H groups in total. The minimum atomic E-state index is -1.05. The summed E-state index contributed by atoms with van der Waals surface area (Å²) in [5.74, 6) is -0.356. The lowest BCUT2D eigenvalue weighted by atomic mass is 9.86. The highest BCUT2D eigenvalue weighted by Crippen LogP contribution is 2.34. The van der Waals surface area contributed by atoms with Crippen LogP contribution >= 0.6 is 0 Å². The van der Waals surface area contributed by atoms with Gasteiger partial charge in [-0.3, -0.25) is 0 Å². The standard InChI is InChI=1S/C25H30F2N4O2/c1-25(2,3)22(28-12-7-13-29-24(32)33)23-30-21(19-14-18(26)10-11-20(19)27)16-31(23)15-17-8-5-4-6-9-17/h4-6,8-11,14,16,22,28-29H,7,12-13,15H2,1-3H3,(H,32,33)/t22-/m0/s1. The first-order chi connectivity index (χ1) is 15.6. The van der Waals surface area contributed by atoms with Gasteiger partial charge in [-0.2, -0.15) is 0 Å². The summed E-state index contributed by atoms with van der Waals surface area (Å²) in [5, 5.41) is 14.6. The Bertz CT molecular complexity index is 1080. The summed E-state index contributed by atoms with van der Waals surface area (Å²) >= 11 is 0. The Morgan fingerprint density at radius 1 is 1.12 bits per heavy atom. The van der Waals surface area contributed by atoms with Crippen molar-refractivity contribution in [3.8, 4) is 11.3 Å². The molecule has 1 amide bonds. The van der Waals surface area contributed by atoms with Crippen LogP contribution in [0.25, 0.3) is 11.3 Å². The van der Waals surface area contributed by atoms with E-state index in [1.54, 1.807) is 6.20 Å². The molecule has 8 heteroatoms. The minimum absolute atomic E-state index is 0.112. The van der Waals surface area contributed by atoms with Crippen LogP contribution in [0.5, 0.6) is 0 Å². The van der Waals surface area contributed by atoms with Crippen molar-refractivity contribution >= 4 is 6.09 Å². The van der Waals surface area contributed by atoms with Gasteiger partial charge in [-0.25, -0.2) is 18.6 Å². The van der Waals surface area contributed by atoms with Gasteiger partial charge in [-0.1, -0.05) is 51.1 Å². The lowest BCUT2D eigenvalue weighted by Gasteiger charge is -2.31. The molecule has 2 aromatic carbocycles. The van der Waals surface area contributed by atoms with Crippen LogP contribution in [0.15, 0.2) is 54.7 Å². The van der Waals surface area contributed by atoms with Gasteiger partial charge in [-0.15, -0.1) is 0 Å². The number of nitrogens with zero attached hydrogens (tertiary/aromatic N) is 2. The largest absolute Gasteiger partial charge is 0.465 e. The van der Waals surface area contributed by atoms with Gasteiger partial charge in [0, 0.05) is 24.8 Å². The van der Waals surface area contributed by atoms with E-state index in [1.807, 2.05) is 34.9 Å². The molecule has 1 aromatic heterocycles. The van der Waals surface area contributed by atoms with Crippen molar-refractivity contribution in [3.63, 3.8) is 0 Å². The molecule has 6 nitrogen and oxygen atoms in total. The van der Waals surface area contributed by atoms with Crippen LogP contribution in [0, 0.1) is 17.0 Å². The van der Waals surface area contributed by atoms with Crippen molar-refractivity contribution < 1.29 is 18.7 Å². The molecule has 0 aliphatic heterocycles. The lowest BCUT2D eigenvalue weighted by molar-refractivity contribution is 0.194. The molecule has 33 heavy (non-hydrogen) atoms. The van der Waals surface area contributed by atoms with Crippen LogP contribution < -0.4 is 10.6 Å². The molecule has 176 valence electrons. The van der Waals surface area contributed by atoms with E-state index >= 15 is 0 Å². The number of amides is 1. The van der Waals surface area contributed by atoms with Crippen molar-refractivity contribution in [1.82, 2.24) is 20.2 Å². The third kappa shape index (κ3) is 6.61. The van der Waals surface area contributed by atoms with Crippen molar-refractivity contribution in [3.05, 3.63) is 77.8 Å². The number of carboxylic acid groups (broad SMARTS) is 1. The third-order valence-corrected chi connectivity index (χ3v) is 5.31. The number of rotatable bonds is 9. The Hall–Kier alpha value is -3.26. The molecule has 0 unspecified atom stereocenters. The average Bonchev–Trinajstić information content (AvgIpc) is 3.14. The summed E-state index contributed by atoms with van der Waals surface area (Å²) in [6.07, 6.45) is 1.30. The number of nitrogens with one attached hydrogen (secondary N) is 2. The maximum atomic E-state index is 14.5. The molecule has 0 saturated heterocycles. The first-order valence-corrected chi connectivity index (χ1v) is 10.9. The van der Waals surface area contributed by atoms with Crippen molar-refractivity contribution in [2.24, 2.45) is 5.41 Å². The number of imidazole rings is 1. The summed E-state index contributed by atoms with van der Waals surface area (Å²) in [5.41, 5.74) is 1.28. The van der Waals surface area contributed by atoms with Crippen LogP contribution in [0.4, 0.5) is 13.6 Å². The fraction of sp³-hybridized carbons (Fsp3) is 0.360. The Morgan fingerprint density at radius 3 is 2.52 bits per heavy atom. The van der Waals surface area contributed by atoms with Gasteiger partial charge in [-0.05, 0) is 42.1 Å². The van der Waals surface area contributed by atoms with Crippen molar-refractivity contribution in [2.75, 3.05) is 13.1 Å². The van der Waals surface area contributed by atoms with Crippen LogP contribution in [-0.4, -0.2) is 33.8 Å². The predicted molar refractivity (Wildman–Crippen MR) is 124 cm³/mol. The smallest absolute Gasteiger partial charge is 0.404 e. The monoisotopic (exact) mass is 456 g/mol. The quantitative estimate of drug-likeness (QED) is 0.386. The van der Waals surface area contributed by atoms with Crippen LogP contribution in [0.3, 0.4) is 0 Å². The maximum absolute atomic E-state index is 14.5. The molecule has 0 aliphatic rings. The zero-order valence-electron chi connectivity index (χ0n) is 19.1. The fourth-order valence-electron chi connectivity index (χ4n) is 3.71. The Labute approximate surface area is 192 Å². The molecule has 0 radical (unpaired) electrons. The molecule has 3 rings (SSSR count). The summed E-state index contributed by atoms with van der Waals surface area (Å²) in [4.78, 5) is 15.4. The van der Waals surface area contributed by atoms with E-state index in [4.69, 9.17) is 10.1 Å². The number of aromatic nitrogens is 2. The topological polar surface area (TPSA) is 79.2 Å². The Kier molecular flexibility index (Phi) is 7.81. The summed E-state index contributed by atoms with van der Waals surface area (Å²) in [6.45, 7) is 7.63. The van der Waals surface area contributed by atoms with E-state index in [-0.39, 0.29) is 17.0 Å². The first kappa shape index (κ1) is 24.4. The second-order valence-electron chi connectivity index (χ2n) is 9.06. The average molecular weight is 457 g/mol. The van der Waals surface area contributed by atoms with Crippen LogP contribution in [-0.2, 0) is 6.54 Å². The van der Waals surface area contributed by atoms with Gasteiger partial charge in [0.15, 0.2) is 0 Å². The van der Waals surface area contributed by atoms with Crippen LogP contribution in [0.1, 0.15) is 44.6 Å². The lowest BCUT2D eigenvalue weighted by Crippen LogP contribution is -2.36. The van der Waals surface area contributed by atoms with E-state index in [2.05, 4.69) is 31.4 Å². The van der Waals surface area contributed by atoms with Gasteiger partial charge in [0.2, 0.25) is 0 Å². The number of halogens is 2. The molecule has 0 bridgehead atoms. The molecule has 0 spiro atoms. The molecule has 0 aliphatic carbocycles. The zero-order valence-corrected chi connectivity index (χ0v) is 19.1. The van der Waals surface area contributed by atoms with E-state index in [0.717, 1.165) is 23.8 Å². The summed E-state index contributed by atoms with van der Waals surface area (Å²) in [6, 6.07) is 13.0. The number of hydrogen-bond acceptors (Lipinski definition) is 3. The van der Waals surface area contributed by atoms with Crippen molar-refractivity contribution in [2.45, 2.75) is 39.8 Å². The Morgan fingerprint density at radius 2 is 1.85 bits per heavy atom. The second-order valence-corrected chi connectivity index (χ2v) is 9.06. The third-order valence-electron chi connectivity index (χ3n) is 5.31. The zero-order chi connectivity index (χ0) is 24.0. The molecule has 1 atom stereocenters. The number of hydrogen-bond donors (Lipinski definition) is 3. The van der Waals surface area contributed by atoms with Gasteiger partial charge in [0.25, 0.3) is 0 Å². The van der Waals surface area contributed by atoms with Gasteiger partial charge >= 0.3 is 6.09 Å². The highest BCUT2D eigenvalue weighted by Gasteiger charge is 2.30. The Balaban J connectivity index is 1.97. The molecule has 1 heterocycles. The maximum Gasteiger partial charge on any atom is 0.404 e. The predicted octanol–water partition coefficient (Wildman–Crippen LogP) is 5.21. The van der Waals surface area contributed by atoms with E-state index < -0.39 is 17.7 Å². The summed E-state index contributed by atoms with van der Waals surface area (Å²) < 4.78 is 30.4. The van der Waals surface area contributed by atoms with E-state index in [1.165, 1.54) is 0 Å². The highest BCUT2D eigenvalue weighted by molar-refractivity contribution is 5.64. The highest BCUT2D eigenvalue weighted by atomic mass is 19.1. The molecule has 0 saturated carbocycles. The van der Waals surface area contributed by atoms with Crippen molar-refractivity contribution in [1.29, 1.82) is 0 Å². The van der Waals surface area contributed by atoms with Gasteiger partial charge in [0.05, 0.1) is 11.7 Å².